The van der Waals surface area contributed by atoms with Gasteiger partial charge in [-0.1, -0.05) is 124 Å². The third-order valence-corrected chi connectivity index (χ3v) is 10.7. The quantitative estimate of drug-likeness (QED) is 0.0389. The van der Waals surface area contributed by atoms with E-state index in [-0.39, 0.29) is 17.9 Å². The van der Waals surface area contributed by atoms with E-state index in [4.69, 9.17) is 25.2 Å². The molecular weight excluding hydrogens is 796 g/mol. The van der Waals surface area contributed by atoms with Crippen molar-refractivity contribution in [3.63, 3.8) is 0 Å². The van der Waals surface area contributed by atoms with E-state index in [1.807, 2.05) is 75.4 Å². The Labute approximate surface area is 353 Å². The molecule has 1 aromatic heterocycles. The first-order chi connectivity index (χ1) is 27.9. The van der Waals surface area contributed by atoms with E-state index < -0.39 is 24.1 Å². The molecule has 316 valence electrons. The fourth-order valence-electron chi connectivity index (χ4n) is 7.01. The predicted octanol–water partition coefficient (Wildman–Crippen LogP) is 8.74. The lowest BCUT2D eigenvalue weighted by Gasteiger charge is -2.24. The second kappa shape index (κ2) is 24.6. The number of aliphatic hydroxyl groups excluding tert-OH is 1. The van der Waals surface area contributed by atoms with Crippen molar-refractivity contribution in [3.05, 3.63) is 88.2 Å². The van der Waals surface area contributed by atoms with E-state index in [2.05, 4.69) is 50.9 Å². The number of nitrogens with zero attached hydrogens (tertiary/aromatic N) is 2. The van der Waals surface area contributed by atoms with Gasteiger partial charge < -0.3 is 36.3 Å². The summed E-state index contributed by atoms with van der Waals surface area (Å²) in [6.45, 7) is 9.19. The van der Waals surface area contributed by atoms with E-state index in [1.54, 1.807) is 7.11 Å². The molecule has 2 amide bonds. The van der Waals surface area contributed by atoms with Gasteiger partial charge in [-0.3, -0.25) is 9.59 Å². The van der Waals surface area contributed by atoms with Gasteiger partial charge >= 0.3 is 0 Å². The molecule has 1 heterocycles. The van der Waals surface area contributed by atoms with Gasteiger partial charge in [0.25, 0.3) is 5.91 Å². The summed E-state index contributed by atoms with van der Waals surface area (Å²) in [6, 6.07) is 20.2. The zero-order valence-corrected chi connectivity index (χ0v) is 36.7. The number of ether oxygens (including phenoxy) is 2. The van der Waals surface area contributed by atoms with E-state index in [0.717, 1.165) is 64.4 Å². The Morgan fingerprint density at radius 1 is 0.828 bits per heavy atom. The van der Waals surface area contributed by atoms with Crippen molar-refractivity contribution >= 4 is 44.5 Å². The average molecular weight is 862 g/mol. The van der Waals surface area contributed by atoms with Crippen molar-refractivity contribution in [2.45, 2.75) is 129 Å². The molecule has 6 N–H and O–H groups in total. The normalized spacial score (nSPS) is 13.5. The fourth-order valence-corrected chi connectivity index (χ4v) is 7.43. The Hall–Kier alpha value is -4.26. The first-order valence-electron chi connectivity index (χ1n) is 21.0. The van der Waals surface area contributed by atoms with Crippen LogP contribution < -0.4 is 31.2 Å². The highest BCUT2D eigenvalue weighted by atomic mass is 79.9. The number of amides is 2. The number of benzene rings is 3. The van der Waals surface area contributed by atoms with Gasteiger partial charge in [0, 0.05) is 28.5 Å². The van der Waals surface area contributed by atoms with E-state index in [9.17, 15) is 14.7 Å². The lowest BCUT2D eigenvalue weighted by Crippen LogP contribution is -2.54. The number of hydrogen-bond acceptors (Lipinski definition) is 9. The van der Waals surface area contributed by atoms with Crippen molar-refractivity contribution < 1.29 is 24.2 Å². The standard InChI is InChI=1S/C46H65BrN6O5/c1-31(2)26-40(53-46(56)43(54)38(48)27-34-20-15-14-16-21-34)45(55)49-24-17-12-10-8-6-7-9-11-13-18-25-58-42-30-39-37(29-41(42)57-5)44(52-33(4)51-39)50-32(3)35-22-19-23-36(47)28-35/h14-16,19-23,28-32,38,40,43,54H,6-13,17-18,24-27,48H2,1-5H3,(H,49,55)(H,53,56)(H,50,51,52)/t32-,38-,40+,43+/m1/s1. The van der Waals surface area contributed by atoms with Crippen LogP contribution in [0.15, 0.2) is 71.2 Å². The molecule has 4 atom stereocenters. The van der Waals surface area contributed by atoms with Crippen LogP contribution >= 0.6 is 15.9 Å². The van der Waals surface area contributed by atoms with E-state index in [1.165, 1.54) is 32.1 Å². The highest BCUT2D eigenvalue weighted by molar-refractivity contribution is 9.10. The van der Waals surface area contributed by atoms with E-state index in [0.29, 0.717) is 43.3 Å². The van der Waals surface area contributed by atoms with Crippen LogP contribution in [-0.2, 0) is 16.0 Å². The molecule has 0 unspecified atom stereocenters. The zero-order chi connectivity index (χ0) is 41.9. The minimum absolute atomic E-state index is 0.0418. The monoisotopic (exact) mass is 860 g/mol. The zero-order valence-electron chi connectivity index (χ0n) is 35.1. The van der Waals surface area contributed by atoms with Crippen molar-refractivity contribution in [1.29, 1.82) is 0 Å². The summed E-state index contributed by atoms with van der Waals surface area (Å²) in [6.07, 6.45) is 10.5. The van der Waals surface area contributed by atoms with Crippen molar-refractivity contribution in [2.24, 2.45) is 11.7 Å². The second-order valence-corrected chi connectivity index (χ2v) is 16.6. The first-order valence-corrected chi connectivity index (χ1v) is 21.8. The Bertz CT molecular complexity index is 1860. The largest absolute Gasteiger partial charge is 0.493 e. The van der Waals surface area contributed by atoms with E-state index >= 15 is 0 Å². The van der Waals surface area contributed by atoms with Crippen LogP contribution in [0.3, 0.4) is 0 Å². The van der Waals surface area contributed by atoms with Gasteiger partial charge in [-0.15, -0.1) is 0 Å². The number of hydrogen-bond donors (Lipinski definition) is 5. The number of fused-ring (bicyclic) bond motifs is 1. The molecule has 3 aromatic carbocycles. The maximum atomic E-state index is 13.0. The maximum Gasteiger partial charge on any atom is 0.251 e. The lowest BCUT2D eigenvalue weighted by atomic mass is 9.99. The minimum Gasteiger partial charge on any atom is -0.493 e. The number of nitrogens with one attached hydrogen (secondary N) is 3. The number of aliphatic hydroxyl groups is 1. The highest BCUT2D eigenvalue weighted by Gasteiger charge is 2.28. The third kappa shape index (κ3) is 15.5. The topological polar surface area (TPSA) is 161 Å². The van der Waals surface area contributed by atoms with Gasteiger partial charge in [0.05, 0.1) is 25.3 Å². The van der Waals surface area contributed by atoms with Crippen molar-refractivity contribution in [1.82, 2.24) is 20.6 Å². The van der Waals surface area contributed by atoms with Crippen molar-refractivity contribution in [3.8, 4) is 11.5 Å². The van der Waals surface area contributed by atoms with Crippen LogP contribution in [0.5, 0.6) is 11.5 Å². The number of unbranched alkanes of at least 4 members (excludes halogenated alkanes) is 9. The molecule has 0 aliphatic carbocycles. The number of halogens is 1. The summed E-state index contributed by atoms with van der Waals surface area (Å²) in [4.78, 5) is 35.2. The molecule has 11 nitrogen and oxygen atoms in total. The minimum atomic E-state index is -1.40. The molecule has 0 spiro atoms. The lowest BCUT2D eigenvalue weighted by molar-refractivity contribution is -0.135. The molecule has 0 fully saturated rings. The summed E-state index contributed by atoms with van der Waals surface area (Å²) in [5, 5.41) is 20.7. The number of aryl methyl sites for hydroxylation is 1. The molecule has 0 saturated carbocycles. The van der Waals surface area contributed by atoms with Crippen LogP contribution in [0.1, 0.15) is 114 Å². The molecule has 0 bridgehead atoms. The van der Waals surface area contributed by atoms with Gasteiger partial charge in [-0.05, 0) is 74.8 Å². The van der Waals surface area contributed by atoms with Crippen LogP contribution in [-0.4, -0.2) is 65.3 Å². The molecule has 0 aliphatic heterocycles. The summed E-state index contributed by atoms with van der Waals surface area (Å²) in [7, 11) is 1.66. The number of nitrogens with two attached hydrogens (primary N) is 1. The van der Waals surface area contributed by atoms with Gasteiger partial charge in [-0.25, -0.2) is 9.97 Å². The Morgan fingerprint density at radius 3 is 2.16 bits per heavy atom. The number of rotatable bonds is 26. The smallest absolute Gasteiger partial charge is 0.251 e. The Balaban J connectivity index is 1.07. The first kappa shape index (κ1) is 46.4. The number of carbonyl (C=O) groups excluding carboxylic acids is 2. The second-order valence-electron chi connectivity index (χ2n) is 15.7. The molecule has 4 aromatic rings. The SMILES string of the molecule is COc1cc2c(N[C@H](C)c3cccc(Br)c3)nc(C)nc2cc1OCCCCCCCCCCCCNC(=O)[C@H](CC(C)C)NC(=O)[C@@H](O)[C@H](N)Cc1ccccc1. The Morgan fingerprint density at radius 2 is 1.50 bits per heavy atom. The molecule has 0 saturated heterocycles. The molecule has 0 aliphatic rings. The molecule has 4 rings (SSSR count). The average Bonchev–Trinajstić information content (AvgIpc) is 3.20. The van der Waals surface area contributed by atoms with Gasteiger partial charge in [-0.2, -0.15) is 0 Å². The molecular formula is C46H65BrN6O5. The fraction of sp³-hybridized carbons (Fsp3) is 0.522. The number of aromatic nitrogens is 2. The molecule has 12 heteroatoms. The third-order valence-electron chi connectivity index (χ3n) is 10.3. The Kier molecular flexibility index (Phi) is 19.7. The van der Waals surface area contributed by atoms with Gasteiger partial charge in [0.15, 0.2) is 11.5 Å². The summed E-state index contributed by atoms with van der Waals surface area (Å²) in [5.74, 6) is 2.16. The number of carbonyl (C=O) groups is 2. The number of methoxy groups -OCH3 is 1. The van der Waals surface area contributed by atoms with Gasteiger partial charge in [0.2, 0.25) is 5.91 Å². The highest BCUT2D eigenvalue weighted by Crippen LogP contribution is 2.35. The van der Waals surface area contributed by atoms with Crippen LogP contribution in [0.4, 0.5) is 5.82 Å². The summed E-state index contributed by atoms with van der Waals surface area (Å²) < 4.78 is 13.0. The summed E-state index contributed by atoms with van der Waals surface area (Å²) in [5.41, 5.74) is 9.04. The van der Waals surface area contributed by atoms with Crippen LogP contribution in [0, 0.1) is 12.8 Å². The van der Waals surface area contributed by atoms with Crippen molar-refractivity contribution in [2.75, 3.05) is 25.6 Å². The summed E-state index contributed by atoms with van der Waals surface area (Å²) >= 11 is 3.57. The number of anilines is 1. The molecule has 58 heavy (non-hydrogen) atoms. The van der Waals surface area contributed by atoms with Crippen LogP contribution in [0.25, 0.3) is 10.9 Å². The van der Waals surface area contributed by atoms with Crippen LogP contribution in [0.2, 0.25) is 0 Å². The maximum absolute atomic E-state index is 13.0. The molecule has 0 radical (unpaired) electrons. The van der Waals surface area contributed by atoms with Gasteiger partial charge in [0.1, 0.15) is 23.8 Å². The predicted molar refractivity (Wildman–Crippen MR) is 237 cm³/mol.